The number of nitrogens with zero attached hydrogens (tertiary/aromatic N) is 1. The van der Waals surface area contributed by atoms with Crippen LogP contribution >= 0.6 is 10.2 Å². The Balaban J connectivity index is 5.12. The fourth-order valence-corrected chi connectivity index (χ4v) is 1.10. The van der Waals surface area contributed by atoms with Crippen molar-refractivity contribution in [2.24, 2.45) is 0 Å². The lowest BCUT2D eigenvalue weighted by Gasteiger charge is -2.64. The highest BCUT2D eigenvalue weighted by Gasteiger charge is 2.57. The van der Waals surface area contributed by atoms with Crippen LogP contribution in [0.5, 0.6) is 0 Å². The molecule has 0 aliphatic heterocycles. The smallest absolute Gasteiger partial charge is 0.0777 e. The summed E-state index contributed by atoms with van der Waals surface area (Å²) in [5.41, 5.74) is 0. The molecule has 0 aromatic rings. The summed E-state index contributed by atoms with van der Waals surface area (Å²) in [4.78, 5) is 0. The minimum Gasteiger partial charge on any atom is -0.235 e. The molecule has 0 spiro atoms. The predicted molar refractivity (Wildman–Crippen MR) is 38.6 cm³/mol. The molecule has 0 N–H and O–H groups in total. The number of hydrogen-bond donors (Lipinski definition) is 0. The SMILES string of the molecule is COS(F)(F)(F)(OC)N(C)C. The highest BCUT2D eigenvalue weighted by molar-refractivity contribution is 8.44. The second kappa shape index (κ2) is 2.03. The van der Waals surface area contributed by atoms with E-state index in [4.69, 9.17) is 0 Å². The maximum Gasteiger partial charge on any atom is 0.0777 e. The minimum absolute atomic E-state index is 0.0139. The van der Waals surface area contributed by atoms with Crippen LogP contribution in [-0.2, 0) is 8.37 Å². The molecule has 0 rings (SSSR count). The van der Waals surface area contributed by atoms with Crippen LogP contribution in [0.1, 0.15) is 0 Å². The highest BCUT2D eigenvalue weighted by Crippen LogP contribution is 2.96. The Morgan fingerprint density at radius 2 is 1.27 bits per heavy atom. The van der Waals surface area contributed by atoms with Crippen LogP contribution in [-0.4, -0.2) is 32.6 Å². The van der Waals surface area contributed by atoms with Crippen LogP contribution in [0.15, 0.2) is 0 Å². The maximum atomic E-state index is 13.0. The topological polar surface area (TPSA) is 21.7 Å². The zero-order chi connectivity index (χ0) is 9.40. The molecule has 0 fully saturated rings. The zero-order valence-electron chi connectivity index (χ0n) is 6.81. The Bertz CT molecular complexity index is 165. The number of halogens is 3. The summed E-state index contributed by atoms with van der Waals surface area (Å²) < 4.78 is 46.1. The summed E-state index contributed by atoms with van der Waals surface area (Å²) in [7, 11) is -4.53. The van der Waals surface area contributed by atoms with Crippen LogP contribution < -0.4 is 0 Å². The van der Waals surface area contributed by atoms with Crippen molar-refractivity contribution >= 4 is 10.2 Å². The monoisotopic (exact) mass is 195 g/mol. The average Bonchev–Trinajstić information content (AvgIpc) is 1.89. The highest BCUT2D eigenvalue weighted by atomic mass is 32.5. The molecule has 0 unspecified atom stereocenters. The zero-order valence-corrected chi connectivity index (χ0v) is 7.62. The van der Waals surface area contributed by atoms with E-state index in [1.54, 1.807) is 0 Å². The molecule has 7 heteroatoms. The van der Waals surface area contributed by atoms with Crippen LogP contribution in [0.3, 0.4) is 0 Å². The first-order valence-corrected chi connectivity index (χ1v) is 4.65. The molecule has 0 atom stereocenters. The number of rotatable bonds is 3. The second-order valence-corrected chi connectivity index (χ2v) is 5.47. The van der Waals surface area contributed by atoms with Crippen LogP contribution in [0.25, 0.3) is 0 Å². The van der Waals surface area contributed by atoms with Gasteiger partial charge in [0.15, 0.2) is 0 Å². The van der Waals surface area contributed by atoms with E-state index in [9.17, 15) is 11.7 Å². The fourth-order valence-electron chi connectivity index (χ4n) is 0.366. The van der Waals surface area contributed by atoms with Gasteiger partial charge in [-0.25, -0.2) is 8.37 Å². The first-order valence-electron chi connectivity index (χ1n) is 2.69. The molecule has 0 saturated carbocycles. The molecule has 0 aromatic carbocycles. The molecule has 0 saturated heterocycles. The largest absolute Gasteiger partial charge is 0.235 e. The molecular formula is C4H12F3NO2S. The van der Waals surface area contributed by atoms with Crippen molar-refractivity contribution in [3.05, 3.63) is 0 Å². The van der Waals surface area contributed by atoms with Gasteiger partial charge in [0.25, 0.3) is 0 Å². The third-order valence-corrected chi connectivity index (χ3v) is 4.13. The van der Waals surface area contributed by atoms with Crippen molar-refractivity contribution in [2.45, 2.75) is 0 Å². The molecule has 0 heterocycles. The molecule has 0 radical (unpaired) electrons. The molecule has 11 heavy (non-hydrogen) atoms. The fraction of sp³-hybridized carbons (Fsp3) is 1.00. The first kappa shape index (κ1) is 11.0. The number of hydrogen-bond acceptors (Lipinski definition) is 3. The third kappa shape index (κ3) is 1.61. The molecule has 0 amide bonds. The van der Waals surface area contributed by atoms with Crippen LogP contribution in [0.4, 0.5) is 11.7 Å². The lowest BCUT2D eigenvalue weighted by atomic mass is 11.3. The summed E-state index contributed by atoms with van der Waals surface area (Å²) in [6.07, 6.45) is 0. The lowest BCUT2D eigenvalue weighted by molar-refractivity contribution is 0.120. The van der Waals surface area contributed by atoms with Gasteiger partial charge >= 0.3 is 0 Å². The van der Waals surface area contributed by atoms with Gasteiger partial charge in [-0.1, -0.05) is 11.7 Å². The van der Waals surface area contributed by atoms with Crippen molar-refractivity contribution < 1.29 is 20.0 Å². The van der Waals surface area contributed by atoms with E-state index in [0.29, 0.717) is 14.2 Å². The van der Waals surface area contributed by atoms with Crippen molar-refractivity contribution in [1.82, 2.24) is 4.31 Å². The van der Waals surface area contributed by atoms with Gasteiger partial charge in [-0.2, -0.15) is 4.31 Å². The normalized spacial score (nSPS) is 19.6. The van der Waals surface area contributed by atoms with Gasteiger partial charge in [0.05, 0.1) is 24.4 Å². The maximum absolute atomic E-state index is 13.0. The Hall–Kier alpha value is 0.0200. The standard InChI is InChI=1S/C4H12F3NO2S/c1-8(2)11(5,6,7,9-3)10-4/h1-4H3. The molecule has 0 bridgehead atoms. The van der Waals surface area contributed by atoms with Crippen molar-refractivity contribution in [2.75, 3.05) is 28.3 Å². The Morgan fingerprint density at radius 3 is 1.27 bits per heavy atom. The summed E-state index contributed by atoms with van der Waals surface area (Å²) in [6, 6.07) is 0. The molecule has 72 valence electrons. The van der Waals surface area contributed by atoms with Crippen molar-refractivity contribution in [3.63, 3.8) is 0 Å². The predicted octanol–water partition coefficient (Wildman–Crippen LogP) is 2.12. The van der Waals surface area contributed by atoms with E-state index < -0.39 is 10.2 Å². The van der Waals surface area contributed by atoms with Gasteiger partial charge in [-0.3, -0.25) is 0 Å². The third-order valence-electron chi connectivity index (χ3n) is 1.38. The summed E-state index contributed by atoms with van der Waals surface area (Å²) in [6.45, 7) is 0. The Morgan fingerprint density at radius 1 is 1.00 bits per heavy atom. The van der Waals surface area contributed by atoms with Crippen molar-refractivity contribution in [3.8, 4) is 0 Å². The molecule has 3 nitrogen and oxygen atoms in total. The van der Waals surface area contributed by atoms with Gasteiger partial charge in [0.2, 0.25) is 0 Å². The molecule has 0 aromatic heterocycles. The van der Waals surface area contributed by atoms with E-state index in [1.165, 1.54) is 0 Å². The van der Waals surface area contributed by atoms with Gasteiger partial charge in [-0.05, 0) is 0 Å². The molecule has 0 aliphatic rings. The summed E-state index contributed by atoms with van der Waals surface area (Å²) in [5.74, 6) is 0. The van der Waals surface area contributed by atoms with E-state index in [2.05, 4.69) is 8.37 Å². The lowest BCUT2D eigenvalue weighted by Crippen LogP contribution is -2.38. The van der Waals surface area contributed by atoms with E-state index in [1.807, 2.05) is 0 Å². The van der Waals surface area contributed by atoms with E-state index in [0.717, 1.165) is 14.1 Å². The minimum atomic E-state index is -7.34. The average molecular weight is 195 g/mol. The Kier molecular flexibility index (Phi) is 2.04. The summed E-state index contributed by atoms with van der Waals surface area (Å²) >= 11 is 0. The van der Waals surface area contributed by atoms with Crippen LogP contribution in [0.2, 0.25) is 0 Å². The van der Waals surface area contributed by atoms with Crippen LogP contribution in [0, 0.1) is 0 Å². The van der Waals surface area contributed by atoms with Gasteiger partial charge < -0.3 is 0 Å². The van der Waals surface area contributed by atoms with Gasteiger partial charge in [0, 0.05) is 14.1 Å². The second-order valence-electron chi connectivity index (χ2n) is 2.12. The van der Waals surface area contributed by atoms with E-state index in [-0.39, 0.29) is 4.31 Å². The summed E-state index contributed by atoms with van der Waals surface area (Å²) in [5, 5.41) is 0. The molecule has 0 aliphatic carbocycles. The van der Waals surface area contributed by atoms with Gasteiger partial charge in [0.1, 0.15) is 0 Å². The first-order chi connectivity index (χ1) is 4.61. The van der Waals surface area contributed by atoms with E-state index >= 15 is 0 Å². The Labute approximate surface area is 63.8 Å². The van der Waals surface area contributed by atoms with Crippen molar-refractivity contribution in [1.29, 1.82) is 0 Å². The molecular weight excluding hydrogens is 183 g/mol. The quantitative estimate of drug-likeness (QED) is 0.688. The van der Waals surface area contributed by atoms with Gasteiger partial charge in [-0.15, -0.1) is 0 Å².